The predicted octanol–water partition coefficient (Wildman–Crippen LogP) is 2.39. The van der Waals surface area contributed by atoms with Crippen LogP contribution in [0.4, 0.5) is 10.1 Å². The van der Waals surface area contributed by atoms with E-state index in [1.807, 2.05) is 0 Å². The number of halogens is 1. The van der Waals surface area contributed by atoms with Crippen molar-refractivity contribution in [2.24, 2.45) is 5.92 Å². The number of ketones is 1. The first-order chi connectivity index (χ1) is 6.66. The fourth-order valence-corrected chi connectivity index (χ4v) is 1.46. The van der Waals surface area contributed by atoms with Crippen molar-refractivity contribution in [1.82, 2.24) is 0 Å². The van der Waals surface area contributed by atoms with Gasteiger partial charge in [-0.1, -0.05) is 0 Å². The van der Waals surface area contributed by atoms with E-state index >= 15 is 0 Å². The van der Waals surface area contributed by atoms with Crippen LogP contribution < -0.4 is 5.73 Å². The molecule has 3 heteroatoms. The van der Waals surface area contributed by atoms with Gasteiger partial charge in [0.25, 0.3) is 0 Å². The number of carbonyl (C=O) groups is 1. The number of rotatable bonds is 3. The first-order valence-corrected chi connectivity index (χ1v) is 4.75. The Morgan fingerprint density at radius 2 is 2.21 bits per heavy atom. The molecule has 2 N–H and O–H groups in total. The molecule has 0 aliphatic heterocycles. The van der Waals surface area contributed by atoms with Crippen molar-refractivity contribution in [3.63, 3.8) is 0 Å². The monoisotopic (exact) mass is 193 g/mol. The van der Waals surface area contributed by atoms with Gasteiger partial charge >= 0.3 is 0 Å². The molecule has 0 atom stereocenters. The van der Waals surface area contributed by atoms with Gasteiger partial charge in [0.15, 0.2) is 5.78 Å². The third-order valence-electron chi connectivity index (χ3n) is 2.49. The van der Waals surface area contributed by atoms with Crippen LogP contribution in [-0.4, -0.2) is 5.78 Å². The molecule has 0 spiro atoms. The highest BCUT2D eigenvalue weighted by Crippen LogP contribution is 2.34. The number of hydrogen-bond donors (Lipinski definition) is 1. The summed E-state index contributed by atoms with van der Waals surface area (Å²) in [5, 5.41) is 0. The number of benzene rings is 1. The van der Waals surface area contributed by atoms with E-state index in [-0.39, 0.29) is 5.78 Å². The second kappa shape index (κ2) is 3.40. The number of nitrogens with two attached hydrogens (primary N) is 1. The fraction of sp³-hybridized carbons (Fsp3) is 0.364. The third-order valence-corrected chi connectivity index (χ3v) is 2.49. The van der Waals surface area contributed by atoms with Gasteiger partial charge in [-0.3, -0.25) is 4.79 Å². The van der Waals surface area contributed by atoms with Crippen molar-refractivity contribution in [3.8, 4) is 0 Å². The van der Waals surface area contributed by atoms with Crippen molar-refractivity contribution in [1.29, 1.82) is 0 Å². The maximum atomic E-state index is 12.9. The predicted molar refractivity (Wildman–Crippen MR) is 52.5 cm³/mol. The molecule has 0 heterocycles. The maximum Gasteiger partial charge on any atom is 0.165 e. The molecule has 0 bridgehead atoms. The third kappa shape index (κ3) is 1.92. The highest BCUT2D eigenvalue weighted by atomic mass is 19.1. The van der Waals surface area contributed by atoms with Crippen LogP contribution in [0.3, 0.4) is 0 Å². The van der Waals surface area contributed by atoms with E-state index in [1.54, 1.807) is 0 Å². The number of nitrogen functional groups attached to an aromatic ring is 1. The van der Waals surface area contributed by atoms with E-state index in [9.17, 15) is 9.18 Å². The first kappa shape index (κ1) is 9.19. The van der Waals surface area contributed by atoms with Gasteiger partial charge in [-0.25, -0.2) is 4.39 Å². The summed E-state index contributed by atoms with van der Waals surface area (Å²) >= 11 is 0. The zero-order chi connectivity index (χ0) is 10.1. The van der Waals surface area contributed by atoms with Crippen molar-refractivity contribution in [2.75, 3.05) is 5.73 Å². The Hall–Kier alpha value is -1.38. The average Bonchev–Trinajstić information content (AvgIpc) is 2.93. The van der Waals surface area contributed by atoms with Crippen LogP contribution in [0.25, 0.3) is 0 Å². The molecule has 0 unspecified atom stereocenters. The molecule has 1 aliphatic rings. The molecule has 1 fully saturated rings. The summed E-state index contributed by atoms with van der Waals surface area (Å²) in [7, 11) is 0. The van der Waals surface area contributed by atoms with Crippen LogP contribution in [0.5, 0.6) is 0 Å². The van der Waals surface area contributed by atoms with Crippen molar-refractivity contribution >= 4 is 11.5 Å². The molecule has 0 radical (unpaired) electrons. The molecular weight excluding hydrogens is 181 g/mol. The van der Waals surface area contributed by atoms with Crippen molar-refractivity contribution < 1.29 is 9.18 Å². The molecule has 0 saturated heterocycles. The Bertz CT molecular complexity index is 372. The fourth-order valence-electron chi connectivity index (χ4n) is 1.46. The largest absolute Gasteiger partial charge is 0.398 e. The lowest BCUT2D eigenvalue weighted by Crippen LogP contribution is -2.05. The topological polar surface area (TPSA) is 43.1 Å². The standard InChI is InChI=1S/C11H12FNO/c12-8-3-4-10(13)9(6-8)11(14)5-7-1-2-7/h3-4,6-7H,1-2,5,13H2. The molecule has 2 rings (SSSR count). The van der Waals surface area contributed by atoms with Gasteiger partial charge < -0.3 is 5.73 Å². The smallest absolute Gasteiger partial charge is 0.165 e. The summed E-state index contributed by atoms with van der Waals surface area (Å²) < 4.78 is 12.9. The van der Waals surface area contributed by atoms with Crippen LogP contribution in [0.15, 0.2) is 18.2 Å². The van der Waals surface area contributed by atoms with Crippen molar-refractivity contribution in [3.05, 3.63) is 29.6 Å². The normalized spacial score (nSPS) is 15.5. The molecule has 74 valence electrons. The first-order valence-electron chi connectivity index (χ1n) is 4.75. The van der Waals surface area contributed by atoms with Crippen LogP contribution >= 0.6 is 0 Å². The van der Waals surface area contributed by atoms with Crippen LogP contribution in [-0.2, 0) is 0 Å². The number of anilines is 1. The summed E-state index contributed by atoms with van der Waals surface area (Å²) in [6.45, 7) is 0. The van der Waals surface area contributed by atoms with Crippen LogP contribution in [0.1, 0.15) is 29.6 Å². The number of hydrogen-bond acceptors (Lipinski definition) is 2. The lowest BCUT2D eigenvalue weighted by atomic mass is 10.0. The summed E-state index contributed by atoms with van der Waals surface area (Å²) in [6, 6.07) is 3.93. The van der Waals surface area contributed by atoms with E-state index in [2.05, 4.69) is 0 Å². The van der Waals surface area contributed by atoms with Gasteiger partial charge in [0.2, 0.25) is 0 Å². The molecule has 1 aromatic rings. The van der Waals surface area contributed by atoms with Crippen LogP contribution in [0.2, 0.25) is 0 Å². The molecule has 0 amide bonds. The maximum absolute atomic E-state index is 12.9. The average molecular weight is 193 g/mol. The number of Topliss-reactive ketones (excluding diaryl/α,β-unsaturated/α-hetero) is 1. The Balaban J connectivity index is 2.20. The van der Waals surface area contributed by atoms with Crippen LogP contribution in [0, 0.1) is 11.7 Å². The summed E-state index contributed by atoms with van der Waals surface area (Å²) in [5.41, 5.74) is 6.30. The molecule has 2 nitrogen and oxygen atoms in total. The molecule has 0 aromatic heterocycles. The number of carbonyl (C=O) groups excluding carboxylic acids is 1. The molecule has 1 saturated carbocycles. The Morgan fingerprint density at radius 3 is 2.86 bits per heavy atom. The van der Waals surface area contributed by atoms with E-state index in [1.165, 1.54) is 18.2 Å². The summed E-state index contributed by atoms with van der Waals surface area (Å²) in [4.78, 5) is 11.6. The summed E-state index contributed by atoms with van der Waals surface area (Å²) in [5.74, 6) is 0.0630. The quantitative estimate of drug-likeness (QED) is 0.591. The highest BCUT2D eigenvalue weighted by molar-refractivity contribution is 6.00. The highest BCUT2D eigenvalue weighted by Gasteiger charge is 2.25. The zero-order valence-electron chi connectivity index (χ0n) is 7.79. The van der Waals surface area contributed by atoms with Gasteiger partial charge in [-0.15, -0.1) is 0 Å². The summed E-state index contributed by atoms with van der Waals surface area (Å²) in [6.07, 6.45) is 2.73. The zero-order valence-corrected chi connectivity index (χ0v) is 7.79. The minimum Gasteiger partial charge on any atom is -0.398 e. The van der Waals surface area contributed by atoms with E-state index < -0.39 is 5.82 Å². The Morgan fingerprint density at radius 1 is 1.50 bits per heavy atom. The van der Waals surface area contributed by atoms with Gasteiger partial charge in [0, 0.05) is 17.7 Å². The van der Waals surface area contributed by atoms with Gasteiger partial charge in [-0.2, -0.15) is 0 Å². The second-order valence-corrected chi connectivity index (χ2v) is 3.80. The van der Waals surface area contributed by atoms with Crippen molar-refractivity contribution in [2.45, 2.75) is 19.3 Å². The second-order valence-electron chi connectivity index (χ2n) is 3.80. The van der Waals surface area contributed by atoms with E-state index in [0.717, 1.165) is 12.8 Å². The lowest BCUT2D eigenvalue weighted by molar-refractivity contribution is 0.0976. The molecule has 1 aromatic carbocycles. The Kier molecular flexibility index (Phi) is 2.23. The SMILES string of the molecule is Nc1ccc(F)cc1C(=O)CC1CC1. The van der Waals surface area contributed by atoms with Gasteiger partial charge in [-0.05, 0) is 37.0 Å². The van der Waals surface area contributed by atoms with Gasteiger partial charge in [0.1, 0.15) is 5.82 Å². The lowest BCUT2D eigenvalue weighted by Gasteiger charge is -2.03. The molecule has 1 aliphatic carbocycles. The van der Waals surface area contributed by atoms with E-state index in [0.29, 0.717) is 23.6 Å². The minimum atomic E-state index is -0.404. The minimum absolute atomic E-state index is 0.0375. The van der Waals surface area contributed by atoms with E-state index in [4.69, 9.17) is 5.73 Å². The molecule has 14 heavy (non-hydrogen) atoms. The Labute approximate surface area is 81.9 Å². The van der Waals surface area contributed by atoms with Gasteiger partial charge in [0.05, 0.1) is 0 Å². The molecular formula is C11H12FNO.